The lowest BCUT2D eigenvalue weighted by atomic mass is 10.1. The zero-order valence-electron chi connectivity index (χ0n) is 13.8. The average molecular weight is 355 g/mol. The molecule has 1 fully saturated rings. The lowest BCUT2D eigenvalue weighted by molar-refractivity contribution is -0.120. The van der Waals surface area contributed by atoms with Crippen molar-refractivity contribution in [2.24, 2.45) is 0 Å². The minimum absolute atomic E-state index is 0.0595. The molecule has 0 aliphatic heterocycles. The lowest BCUT2D eigenvalue weighted by Gasteiger charge is -2.15. The molecule has 25 heavy (non-hydrogen) atoms. The molecule has 2 N–H and O–H groups in total. The van der Waals surface area contributed by atoms with Gasteiger partial charge in [0.15, 0.2) is 5.16 Å². The first-order valence-electron chi connectivity index (χ1n) is 8.27. The van der Waals surface area contributed by atoms with Gasteiger partial charge in [0.05, 0.1) is 11.0 Å². The molecule has 4 rings (SSSR count). The predicted molar refractivity (Wildman–Crippen MR) is 97.0 cm³/mol. The van der Waals surface area contributed by atoms with E-state index in [9.17, 15) is 9.18 Å². The van der Waals surface area contributed by atoms with Gasteiger partial charge in [0.1, 0.15) is 11.1 Å². The summed E-state index contributed by atoms with van der Waals surface area (Å²) in [6, 6.07) is 12.4. The Morgan fingerprint density at radius 1 is 1.28 bits per heavy atom. The van der Waals surface area contributed by atoms with Gasteiger partial charge in [0.25, 0.3) is 0 Å². The summed E-state index contributed by atoms with van der Waals surface area (Å²) in [6.07, 6.45) is 2.05. The Kier molecular flexibility index (Phi) is 4.21. The van der Waals surface area contributed by atoms with Crippen LogP contribution in [-0.4, -0.2) is 21.9 Å². The number of halogens is 1. The smallest absolute Gasteiger partial charge is 0.238 e. The van der Waals surface area contributed by atoms with Crippen LogP contribution in [0.25, 0.3) is 11.0 Å². The van der Waals surface area contributed by atoms with Gasteiger partial charge in [-0.25, -0.2) is 9.37 Å². The fraction of sp³-hybridized carbons (Fsp3) is 0.263. The van der Waals surface area contributed by atoms with E-state index in [1.54, 1.807) is 12.1 Å². The number of amides is 1. The highest BCUT2D eigenvalue weighted by Crippen LogP contribution is 2.36. The number of carbonyl (C=O) groups is 1. The summed E-state index contributed by atoms with van der Waals surface area (Å²) >= 11 is 1.36. The molecule has 3 aromatic rings. The molecule has 1 saturated carbocycles. The Bertz CT molecular complexity index is 918. The number of carbonyl (C=O) groups excluding carboxylic acids is 1. The van der Waals surface area contributed by atoms with Gasteiger partial charge in [-0.3, -0.25) is 4.79 Å². The van der Waals surface area contributed by atoms with Crippen molar-refractivity contribution in [3.05, 3.63) is 59.4 Å². The lowest BCUT2D eigenvalue weighted by Crippen LogP contribution is -2.29. The van der Waals surface area contributed by atoms with E-state index in [2.05, 4.69) is 15.3 Å². The first-order valence-corrected chi connectivity index (χ1v) is 9.15. The van der Waals surface area contributed by atoms with E-state index in [4.69, 9.17) is 0 Å². The minimum Gasteiger partial charge on any atom is -0.352 e. The number of hydrogen-bond donors (Lipinski definition) is 2. The van der Waals surface area contributed by atoms with E-state index in [1.165, 1.54) is 23.9 Å². The largest absolute Gasteiger partial charge is 0.352 e. The second-order valence-electron chi connectivity index (χ2n) is 6.39. The van der Waals surface area contributed by atoms with Gasteiger partial charge in [0.2, 0.25) is 5.91 Å². The van der Waals surface area contributed by atoms with Crippen LogP contribution in [0.15, 0.2) is 47.6 Å². The third kappa shape index (κ3) is 3.69. The zero-order chi connectivity index (χ0) is 17.4. The first-order chi connectivity index (χ1) is 12.1. The Balaban J connectivity index is 1.63. The van der Waals surface area contributed by atoms with Crippen molar-refractivity contribution in [1.29, 1.82) is 0 Å². The average Bonchev–Trinajstić information content (AvgIpc) is 3.31. The summed E-state index contributed by atoms with van der Waals surface area (Å²) < 4.78 is 13.2. The maximum absolute atomic E-state index is 13.2. The van der Waals surface area contributed by atoms with Crippen molar-refractivity contribution in [2.75, 3.05) is 0 Å². The SMILES string of the molecule is Cc1ccc2nc(SC(C(=O)NC3CC3)c3ccc(F)cc3)[nH]c2c1. The van der Waals surface area contributed by atoms with Crippen LogP contribution in [0, 0.1) is 12.7 Å². The Hall–Kier alpha value is -2.34. The first kappa shape index (κ1) is 16.1. The maximum Gasteiger partial charge on any atom is 0.238 e. The summed E-state index contributed by atoms with van der Waals surface area (Å²) in [5.74, 6) is -0.370. The molecule has 1 unspecified atom stereocenters. The van der Waals surface area contributed by atoms with Gasteiger partial charge in [-0.2, -0.15) is 0 Å². The number of imidazole rings is 1. The van der Waals surface area contributed by atoms with Crippen molar-refractivity contribution < 1.29 is 9.18 Å². The molecule has 0 saturated heterocycles. The molecule has 2 aromatic carbocycles. The number of rotatable bonds is 5. The van der Waals surface area contributed by atoms with Crippen molar-refractivity contribution in [1.82, 2.24) is 15.3 Å². The summed E-state index contributed by atoms with van der Waals surface area (Å²) in [6.45, 7) is 2.03. The second kappa shape index (κ2) is 6.52. The predicted octanol–water partition coefficient (Wildman–Crippen LogP) is 4.12. The van der Waals surface area contributed by atoms with Crippen LogP contribution in [0.5, 0.6) is 0 Å². The number of aromatic amines is 1. The number of thioether (sulfide) groups is 1. The molecule has 1 aromatic heterocycles. The summed E-state index contributed by atoms with van der Waals surface area (Å²) in [4.78, 5) is 20.5. The van der Waals surface area contributed by atoms with Gasteiger partial charge in [-0.05, 0) is 55.2 Å². The molecule has 6 heteroatoms. The van der Waals surface area contributed by atoms with Gasteiger partial charge in [-0.1, -0.05) is 30.0 Å². The van der Waals surface area contributed by atoms with Gasteiger partial charge in [-0.15, -0.1) is 0 Å². The topological polar surface area (TPSA) is 57.8 Å². The molecule has 0 radical (unpaired) electrons. The van der Waals surface area contributed by atoms with Gasteiger partial charge in [0, 0.05) is 6.04 Å². The van der Waals surface area contributed by atoms with Crippen LogP contribution in [0.1, 0.15) is 29.2 Å². The fourth-order valence-electron chi connectivity index (χ4n) is 2.68. The van der Waals surface area contributed by atoms with Crippen LogP contribution in [-0.2, 0) is 4.79 Å². The number of fused-ring (bicyclic) bond motifs is 1. The van der Waals surface area contributed by atoms with Crippen LogP contribution in [0.3, 0.4) is 0 Å². The third-order valence-corrected chi connectivity index (χ3v) is 5.32. The number of nitrogens with zero attached hydrogens (tertiary/aromatic N) is 1. The second-order valence-corrected chi connectivity index (χ2v) is 7.49. The van der Waals surface area contributed by atoms with Gasteiger partial charge >= 0.3 is 0 Å². The number of aryl methyl sites for hydroxylation is 1. The number of nitrogens with one attached hydrogen (secondary N) is 2. The zero-order valence-corrected chi connectivity index (χ0v) is 14.6. The summed E-state index contributed by atoms with van der Waals surface area (Å²) in [5.41, 5.74) is 3.73. The van der Waals surface area contributed by atoms with E-state index in [0.717, 1.165) is 35.0 Å². The Morgan fingerprint density at radius 2 is 2.04 bits per heavy atom. The number of aromatic nitrogens is 2. The van der Waals surface area contributed by atoms with Crippen LogP contribution >= 0.6 is 11.8 Å². The van der Waals surface area contributed by atoms with E-state index in [-0.39, 0.29) is 17.8 Å². The molecule has 0 bridgehead atoms. The Morgan fingerprint density at radius 3 is 2.76 bits per heavy atom. The van der Waals surface area contributed by atoms with E-state index in [1.807, 2.05) is 25.1 Å². The van der Waals surface area contributed by atoms with Crippen LogP contribution in [0.4, 0.5) is 4.39 Å². The number of H-pyrrole nitrogens is 1. The molecule has 128 valence electrons. The van der Waals surface area contributed by atoms with Crippen LogP contribution in [0.2, 0.25) is 0 Å². The standard InChI is InChI=1S/C19H18FN3OS/c1-11-2-9-15-16(10-11)23-19(22-15)25-17(18(24)21-14-7-8-14)12-3-5-13(20)6-4-12/h2-6,9-10,14,17H,7-8H2,1H3,(H,21,24)(H,22,23). The highest BCUT2D eigenvalue weighted by Gasteiger charge is 2.29. The summed E-state index contributed by atoms with van der Waals surface area (Å²) in [7, 11) is 0. The molecular formula is C19H18FN3OS. The Labute approximate surface area is 149 Å². The molecule has 1 aliphatic carbocycles. The molecule has 1 heterocycles. The minimum atomic E-state index is -0.470. The molecule has 1 amide bonds. The molecule has 1 atom stereocenters. The van der Waals surface area contributed by atoms with E-state index >= 15 is 0 Å². The molecule has 0 spiro atoms. The number of hydrogen-bond acceptors (Lipinski definition) is 3. The van der Waals surface area contributed by atoms with E-state index < -0.39 is 5.25 Å². The number of benzene rings is 2. The highest BCUT2D eigenvalue weighted by atomic mass is 32.2. The van der Waals surface area contributed by atoms with E-state index in [0.29, 0.717) is 5.16 Å². The quantitative estimate of drug-likeness (QED) is 0.677. The van der Waals surface area contributed by atoms with Crippen molar-refractivity contribution in [2.45, 2.75) is 36.2 Å². The molecule has 1 aliphatic rings. The van der Waals surface area contributed by atoms with Gasteiger partial charge < -0.3 is 10.3 Å². The summed E-state index contributed by atoms with van der Waals surface area (Å²) in [5, 5.41) is 3.25. The normalized spacial score (nSPS) is 15.3. The fourth-order valence-corrected chi connectivity index (χ4v) is 3.69. The monoisotopic (exact) mass is 355 g/mol. The molecule has 4 nitrogen and oxygen atoms in total. The van der Waals surface area contributed by atoms with Crippen molar-refractivity contribution >= 4 is 28.7 Å². The highest BCUT2D eigenvalue weighted by molar-refractivity contribution is 8.00. The van der Waals surface area contributed by atoms with Crippen molar-refractivity contribution in [3.8, 4) is 0 Å². The maximum atomic E-state index is 13.2. The van der Waals surface area contributed by atoms with Crippen LogP contribution < -0.4 is 5.32 Å². The molecular weight excluding hydrogens is 337 g/mol. The third-order valence-electron chi connectivity index (χ3n) is 4.18. The van der Waals surface area contributed by atoms with Crippen molar-refractivity contribution in [3.63, 3.8) is 0 Å².